The Kier molecular flexibility index (Phi) is 2.15. The number of aromatic amines is 1. The van der Waals surface area contributed by atoms with Gasteiger partial charge < -0.3 is 4.98 Å². The first-order valence-corrected chi connectivity index (χ1v) is 5.59. The average molecular weight is 228 g/mol. The second-order valence-corrected chi connectivity index (χ2v) is 4.73. The second kappa shape index (κ2) is 2.77. The number of hydrogen-bond donors (Lipinski definition) is 3. The summed E-state index contributed by atoms with van der Waals surface area (Å²) in [5, 5.41) is -1.75. The van der Waals surface area contributed by atoms with Gasteiger partial charge in [0.1, 0.15) is 0 Å². The molecule has 0 saturated carbocycles. The van der Waals surface area contributed by atoms with Crippen LogP contribution in [0.25, 0.3) is 0 Å². The standard InChI is InChI=1S/C3H4N2O6S2/c6-12(7,8)2-1-4-3(5-2)13(9,10)11/h1H,(H,4,5)(H,6,7,8)(H,9,10,11). The molecule has 0 amide bonds. The molecule has 1 aromatic heterocycles. The van der Waals surface area contributed by atoms with E-state index in [1.165, 1.54) is 0 Å². The van der Waals surface area contributed by atoms with Crippen LogP contribution in [-0.4, -0.2) is 35.9 Å². The number of rotatable bonds is 2. The highest BCUT2D eigenvalue weighted by Gasteiger charge is 2.19. The van der Waals surface area contributed by atoms with Crippen molar-refractivity contribution in [3.63, 3.8) is 0 Å². The molecule has 74 valence electrons. The van der Waals surface area contributed by atoms with Gasteiger partial charge in [-0.25, -0.2) is 4.98 Å². The third-order valence-electron chi connectivity index (χ3n) is 1.05. The molecule has 0 spiro atoms. The average Bonchev–Trinajstić information content (AvgIpc) is 2.28. The van der Waals surface area contributed by atoms with E-state index in [2.05, 4.69) is 4.98 Å². The van der Waals surface area contributed by atoms with Gasteiger partial charge >= 0.3 is 20.2 Å². The molecule has 1 heterocycles. The van der Waals surface area contributed by atoms with Crippen molar-refractivity contribution >= 4 is 20.2 Å². The van der Waals surface area contributed by atoms with Gasteiger partial charge in [-0.05, 0) is 0 Å². The lowest BCUT2D eigenvalue weighted by molar-refractivity contribution is 0.473. The molecular weight excluding hydrogens is 224 g/mol. The number of imidazole rings is 1. The van der Waals surface area contributed by atoms with E-state index < -0.39 is 30.4 Å². The Bertz CT molecular complexity index is 463. The van der Waals surface area contributed by atoms with Crippen LogP contribution in [0, 0.1) is 0 Å². The molecule has 13 heavy (non-hydrogen) atoms. The summed E-state index contributed by atoms with van der Waals surface area (Å²) in [5.41, 5.74) is 0. The van der Waals surface area contributed by atoms with Crippen molar-refractivity contribution in [2.75, 3.05) is 0 Å². The van der Waals surface area contributed by atoms with Crippen molar-refractivity contribution in [2.24, 2.45) is 0 Å². The van der Waals surface area contributed by atoms with Crippen molar-refractivity contribution in [3.8, 4) is 0 Å². The lowest BCUT2D eigenvalue weighted by Gasteiger charge is -1.89. The molecule has 1 aromatic rings. The van der Waals surface area contributed by atoms with Gasteiger partial charge in [-0.2, -0.15) is 16.8 Å². The van der Waals surface area contributed by atoms with Crippen molar-refractivity contribution < 1.29 is 25.9 Å². The molecule has 10 heteroatoms. The van der Waals surface area contributed by atoms with Gasteiger partial charge in [-0.15, -0.1) is 0 Å². The van der Waals surface area contributed by atoms with Gasteiger partial charge in [0, 0.05) is 0 Å². The molecule has 0 saturated heterocycles. The molecule has 0 unspecified atom stereocenters. The van der Waals surface area contributed by atoms with Crippen LogP contribution in [0.2, 0.25) is 0 Å². The van der Waals surface area contributed by atoms with Crippen LogP contribution < -0.4 is 0 Å². The Morgan fingerprint density at radius 3 is 1.92 bits per heavy atom. The summed E-state index contributed by atoms with van der Waals surface area (Å²) in [6.07, 6.45) is 0.568. The zero-order valence-electron chi connectivity index (χ0n) is 5.87. The molecule has 0 radical (unpaired) electrons. The molecular formula is C3H4N2O6S2. The Morgan fingerprint density at radius 1 is 1.15 bits per heavy atom. The maximum Gasteiger partial charge on any atom is 0.328 e. The van der Waals surface area contributed by atoms with E-state index in [1.807, 2.05) is 0 Å². The SMILES string of the molecule is O=S(=O)(O)c1cnc(S(=O)(=O)O)[nH]1. The molecule has 0 fully saturated rings. The van der Waals surface area contributed by atoms with E-state index in [0.29, 0.717) is 6.20 Å². The summed E-state index contributed by atoms with van der Waals surface area (Å²) in [4.78, 5) is 4.73. The summed E-state index contributed by atoms with van der Waals surface area (Å²) in [5.74, 6) is 0. The summed E-state index contributed by atoms with van der Waals surface area (Å²) < 4.78 is 58.2. The minimum atomic E-state index is -4.58. The van der Waals surface area contributed by atoms with Crippen LogP contribution in [-0.2, 0) is 20.2 Å². The summed E-state index contributed by atoms with van der Waals surface area (Å²) in [7, 11) is -9.12. The highest BCUT2D eigenvalue weighted by molar-refractivity contribution is 7.86. The van der Waals surface area contributed by atoms with E-state index >= 15 is 0 Å². The zero-order chi connectivity index (χ0) is 10.3. The Balaban J connectivity index is 3.32. The van der Waals surface area contributed by atoms with Gasteiger partial charge in [-0.1, -0.05) is 0 Å². The van der Waals surface area contributed by atoms with Gasteiger partial charge in [0.15, 0.2) is 5.03 Å². The highest BCUT2D eigenvalue weighted by Crippen LogP contribution is 2.08. The third-order valence-corrected chi connectivity index (χ3v) is 2.51. The Labute approximate surface area is 73.1 Å². The van der Waals surface area contributed by atoms with Crippen molar-refractivity contribution in [1.82, 2.24) is 9.97 Å². The fourth-order valence-corrected chi connectivity index (χ4v) is 1.45. The highest BCUT2D eigenvalue weighted by atomic mass is 32.2. The predicted molar refractivity (Wildman–Crippen MR) is 38.2 cm³/mol. The molecule has 0 bridgehead atoms. The minimum Gasteiger partial charge on any atom is -0.316 e. The minimum absolute atomic E-state index is 0.568. The van der Waals surface area contributed by atoms with Gasteiger partial charge in [0.05, 0.1) is 6.20 Å². The topological polar surface area (TPSA) is 137 Å². The number of aromatic nitrogens is 2. The van der Waals surface area contributed by atoms with E-state index in [9.17, 15) is 16.8 Å². The van der Waals surface area contributed by atoms with Crippen molar-refractivity contribution in [2.45, 2.75) is 10.2 Å². The van der Waals surface area contributed by atoms with Crippen LogP contribution in [0.1, 0.15) is 0 Å². The molecule has 0 aliphatic heterocycles. The molecule has 8 nitrogen and oxygen atoms in total. The predicted octanol–water partition coefficient (Wildman–Crippen LogP) is -1.10. The molecule has 3 N–H and O–H groups in total. The molecule has 0 aliphatic carbocycles. The zero-order valence-corrected chi connectivity index (χ0v) is 7.50. The lowest BCUT2D eigenvalue weighted by atomic mass is 11.0. The third kappa shape index (κ3) is 2.24. The Hall–Kier alpha value is -0.970. The number of hydrogen-bond acceptors (Lipinski definition) is 5. The number of nitrogens with zero attached hydrogens (tertiary/aromatic N) is 1. The summed E-state index contributed by atoms with van der Waals surface area (Å²) in [6.45, 7) is 0. The summed E-state index contributed by atoms with van der Waals surface area (Å²) >= 11 is 0. The molecule has 0 aliphatic rings. The van der Waals surface area contributed by atoms with Gasteiger partial charge in [0.25, 0.3) is 5.16 Å². The molecule has 0 aromatic carbocycles. The second-order valence-electron chi connectivity index (χ2n) is 2.00. The Morgan fingerprint density at radius 2 is 1.69 bits per heavy atom. The molecule has 0 atom stereocenters. The van der Waals surface area contributed by atoms with Crippen molar-refractivity contribution in [1.29, 1.82) is 0 Å². The number of nitrogens with one attached hydrogen (secondary N) is 1. The number of H-pyrrole nitrogens is 1. The van der Waals surface area contributed by atoms with Crippen molar-refractivity contribution in [3.05, 3.63) is 6.20 Å². The monoisotopic (exact) mass is 228 g/mol. The van der Waals surface area contributed by atoms with Crippen LogP contribution in [0.4, 0.5) is 0 Å². The fraction of sp³-hybridized carbons (Fsp3) is 0. The van der Waals surface area contributed by atoms with E-state index in [1.54, 1.807) is 4.98 Å². The van der Waals surface area contributed by atoms with E-state index in [0.717, 1.165) is 0 Å². The maximum absolute atomic E-state index is 10.4. The van der Waals surface area contributed by atoms with Crippen LogP contribution in [0.15, 0.2) is 16.4 Å². The van der Waals surface area contributed by atoms with E-state index in [4.69, 9.17) is 9.11 Å². The summed E-state index contributed by atoms with van der Waals surface area (Å²) in [6, 6.07) is 0. The van der Waals surface area contributed by atoms with Gasteiger partial charge in [0.2, 0.25) is 0 Å². The maximum atomic E-state index is 10.4. The first-order chi connectivity index (χ1) is 5.71. The van der Waals surface area contributed by atoms with E-state index in [-0.39, 0.29) is 0 Å². The van der Waals surface area contributed by atoms with Gasteiger partial charge in [-0.3, -0.25) is 9.11 Å². The van der Waals surface area contributed by atoms with Crippen LogP contribution >= 0.6 is 0 Å². The first kappa shape index (κ1) is 10.1. The smallest absolute Gasteiger partial charge is 0.316 e. The molecule has 1 rings (SSSR count). The first-order valence-electron chi connectivity index (χ1n) is 2.71. The quantitative estimate of drug-likeness (QED) is 0.546. The van der Waals surface area contributed by atoms with Crippen LogP contribution in [0.3, 0.4) is 0 Å². The van der Waals surface area contributed by atoms with Crippen LogP contribution in [0.5, 0.6) is 0 Å². The largest absolute Gasteiger partial charge is 0.328 e. The lowest BCUT2D eigenvalue weighted by Crippen LogP contribution is -2.02. The normalized spacial score (nSPS) is 13.1. The fourth-order valence-electron chi connectivity index (χ4n) is 0.549.